The van der Waals surface area contributed by atoms with Crippen LogP contribution in [-0.2, 0) is 0 Å². The van der Waals surface area contributed by atoms with Gasteiger partial charge in [-0.1, -0.05) is 35.2 Å². The van der Waals surface area contributed by atoms with Crippen LogP contribution in [0.15, 0.2) is 28.7 Å². The molecule has 1 fully saturated rings. The van der Waals surface area contributed by atoms with E-state index in [4.69, 9.17) is 16.3 Å². The van der Waals surface area contributed by atoms with Gasteiger partial charge < -0.3 is 10.1 Å². The van der Waals surface area contributed by atoms with Crippen molar-refractivity contribution in [3.8, 4) is 5.75 Å². The molecular weight excluding hydrogens is 338 g/mol. The van der Waals surface area contributed by atoms with E-state index in [0.29, 0.717) is 12.0 Å². The zero-order valence-corrected chi connectivity index (χ0v) is 14.2. The molecule has 0 bridgehead atoms. The first-order chi connectivity index (χ1) is 9.74. The number of alkyl halides is 1. The van der Waals surface area contributed by atoms with Crippen LogP contribution in [0.25, 0.3) is 0 Å². The summed E-state index contributed by atoms with van der Waals surface area (Å²) in [6.07, 6.45) is 6.53. The van der Waals surface area contributed by atoms with Gasteiger partial charge in [-0.3, -0.25) is 0 Å². The van der Waals surface area contributed by atoms with Crippen molar-refractivity contribution < 1.29 is 4.74 Å². The van der Waals surface area contributed by atoms with E-state index in [2.05, 4.69) is 21.2 Å². The zero-order valence-electron chi connectivity index (χ0n) is 11.8. The van der Waals surface area contributed by atoms with Crippen molar-refractivity contribution in [3.63, 3.8) is 0 Å². The van der Waals surface area contributed by atoms with Crippen LogP contribution in [0.1, 0.15) is 32.1 Å². The molecule has 0 radical (unpaired) electrons. The van der Waals surface area contributed by atoms with Crippen LogP contribution in [0.4, 0.5) is 0 Å². The monoisotopic (exact) mass is 359 g/mol. The number of hydrogen-bond donors (Lipinski definition) is 1. The van der Waals surface area contributed by atoms with Crippen molar-refractivity contribution in [2.24, 2.45) is 5.41 Å². The largest absolute Gasteiger partial charge is 0.492 e. The molecule has 1 aliphatic rings. The molecule has 1 saturated carbocycles. The number of ether oxygens (including phenoxy) is 1. The van der Waals surface area contributed by atoms with Gasteiger partial charge in [-0.2, -0.15) is 0 Å². The number of rotatable bonds is 7. The van der Waals surface area contributed by atoms with Gasteiger partial charge in [0.15, 0.2) is 0 Å². The molecule has 4 heteroatoms. The van der Waals surface area contributed by atoms with Gasteiger partial charge in [-0.15, -0.1) is 11.6 Å². The summed E-state index contributed by atoms with van der Waals surface area (Å²) in [5, 5.41) is 3.51. The maximum Gasteiger partial charge on any atom is 0.119 e. The second-order valence-corrected chi connectivity index (χ2v) is 6.86. The smallest absolute Gasteiger partial charge is 0.119 e. The zero-order chi connectivity index (χ0) is 14.3. The molecule has 0 aromatic heterocycles. The van der Waals surface area contributed by atoms with E-state index in [-0.39, 0.29) is 0 Å². The molecule has 0 amide bonds. The number of benzene rings is 1. The summed E-state index contributed by atoms with van der Waals surface area (Å²) in [6.45, 7) is 2.58. The number of halogens is 2. The van der Waals surface area contributed by atoms with E-state index in [1.807, 2.05) is 24.3 Å². The molecule has 2 nitrogen and oxygen atoms in total. The molecule has 1 N–H and O–H groups in total. The molecule has 1 aliphatic carbocycles. The molecule has 0 atom stereocenters. The minimum Gasteiger partial charge on any atom is -0.492 e. The van der Waals surface area contributed by atoms with Gasteiger partial charge in [0, 0.05) is 23.4 Å². The van der Waals surface area contributed by atoms with E-state index < -0.39 is 0 Å². The Balaban J connectivity index is 1.64. The van der Waals surface area contributed by atoms with Gasteiger partial charge >= 0.3 is 0 Å². The summed E-state index contributed by atoms with van der Waals surface area (Å²) in [5.74, 6) is 1.69. The third-order valence-corrected chi connectivity index (χ3v) is 5.15. The van der Waals surface area contributed by atoms with E-state index in [1.54, 1.807) is 0 Å². The predicted octanol–water partition coefficient (Wildman–Crippen LogP) is 4.61. The quantitative estimate of drug-likeness (QED) is 0.566. The lowest BCUT2D eigenvalue weighted by Crippen LogP contribution is -2.39. The predicted molar refractivity (Wildman–Crippen MR) is 88.7 cm³/mol. The van der Waals surface area contributed by atoms with Crippen molar-refractivity contribution in [2.45, 2.75) is 32.1 Å². The second kappa shape index (κ2) is 8.26. The van der Waals surface area contributed by atoms with Crippen molar-refractivity contribution in [2.75, 3.05) is 25.6 Å². The highest BCUT2D eigenvalue weighted by Crippen LogP contribution is 2.36. The molecule has 0 saturated heterocycles. The molecule has 0 heterocycles. The van der Waals surface area contributed by atoms with E-state index in [1.165, 1.54) is 32.1 Å². The van der Waals surface area contributed by atoms with Gasteiger partial charge in [-0.05, 0) is 42.5 Å². The fourth-order valence-electron chi connectivity index (χ4n) is 2.78. The Kier molecular flexibility index (Phi) is 6.66. The number of nitrogens with one attached hydrogen (secondary N) is 1. The van der Waals surface area contributed by atoms with E-state index in [0.717, 1.165) is 29.2 Å². The van der Waals surface area contributed by atoms with E-state index in [9.17, 15) is 0 Å². The van der Waals surface area contributed by atoms with Gasteiger partial charge in [0.25, 0.3) is 0 Å². The molecular formula is C16H23BrClNO. The maximum absolute atomic E-state index is 6.18. The molecule has 2 rings (SSSR count). The topological polar surface area (TPSA) is 21.3 Å². The third kappa shape index (κ3) is 4.94. The fourth-order valence-corrected chi connectivity index (χ4v) is 3.41. The molecule has 0 aliphatic heterocycles. The Hall–Kier alpha value is -0.250. The van der Waals surface area contributed by atoms with Crippen LogP contribution in [0.3, 0.4) is 0 Å². The fraction of sp³-hybridized carbons (Fsp3) is 0.625. The highest BCUT2D eigenvalue weighted by molar-refractivity contribution is 9.10. The summed E-state index contributed by atoms with van der Waals surface area (Å²) in [4.78, 5) is 0. The standard InChI is InChI=1S/C16H23BrClNO/c17-14-4-6-15(7-5-14)20-11-10-19-13-16(12-18)8-2-1-3-9-16/h4-7,19H,1-3,8-13H2. The lowest BCUT2D eigenvalue weighted by molar-refractivity contribution is 0.206. The van der Waals surface area contributed by atoms with Crippen molar-refractivity contribution >= 4 is 27.5 Å². The Bertz CT molecular complexity index is 390. The van der Waals surface area contributed by atoms with Gasteiger partial charge in [0.2, 0.25) is 0 Å². The summed E-state index contributed by atoms with van der Waals surface area (Å²) in [5.41, 5.74) is 0.317. The second-order valence-electron chi connectivity index (χ2n) is 5.67. The SMILES string of the molecule is ClCC1(CNCCOc2ccc(Br)cc2)CCCCC1. The molecule has 20 heavy (non-hydrogen) atoms. The van der Waals surface area contributed by atoms with Crippen LogP contribution in [0.5, 0.6) is 5.75 Å². The Morgan fingerprint density at radius 1 is 1.15 bits per heavy atom. The van der Waals surface area contributed by atoms with Crippen LogP contribution < -0.4 is 10.1 Å². The van der Waals surface area contributed by atoms with Crippen LogP contribution in [0, 0.1) is 5.41 Å². The minimum atomic E-state index is 0.317. The van der Waals surface area contributed by atoms with E-state index >= 15 is 0 Å². The molecule has 0 unspecified atom stereocenters. The van der Waals surface area contributed by atoms with Crippen LogP contribution >= 0.6 is 27.5 Å². The minimum absolute atomic E-state index is 0.317. The molecule has 1 aromatic carbocycles. The average Bonchev–Trinajstić information content (AvgIpc) is 2.50. The summed E-state index contributed by atoms with van der Waals surface area (Å²) in [6, 6.07) is 7.94. The van der Waals surface area contributed by atoms with Crippen molar-refractivity contribution in [1.29, 1.82) is 0 Å². The van der Waals surface area contributed by atoms with Crippen molar-refractivity contribution in [3.05, 3.63) is 28.7 Å². The number of hydrogen-bond acceptors (Lipinski definition) is 2. The maximum atomic E-state index is 6.18. The third-order valence-electron chi connectivity index (χ3n) is 4.06. The lowest BCUT2D eigenvalue weighted by atomic mass is 9.75. The first-order valence-corrected chi connectivity index (χ1v) is 8.72. The van der Waals surface area contributed by atoms with Gasteiger partial charge in [0.05, 0.1) is 0 Å². The van der Waals surface area contributed by atoms with Gasteiger partial charge in [-0.25, -0.2) is 0 Å². The summed E-state index contributed by atoms with van der Waals surface area (Å²) in [7, 11) is 0. The summed E-state index contributed by atoms with van der Waals surface area (Å²) >= 11 is 9.60. The van der Waals surface area contributed by atoms with Gasteiger partial charge in [0.1, 0.15) is 12.4 Å². The Labute approximate surface area is 135 Å². The first-order valence-electron chi connectivity index (χ1n) is 7.39. The van der Waals surface area contributed by atoms with Crippen molar-refractivity contribution in [1.82, 2.24) is 5.32 Å². The molecule has 1 aromatic rings. The molecule has 0 spiro atoms. The summed E-state index contributed by atoms with van der Waals surface area (Å²) < 4.78 is 6.77. The normalized spacial score (nSPS) is 17.9. The van der Waals surface area contributed by atoms with Crippen LogP contribution in [0.2, 0.25) is 0 Å². The van der Waals surface area contributed by atoms with Crippen LogP contribution in [-0.4, -0.2) is 25.6 Å². The molecule has 112 valence electrons. The Morgan fingerprint density at radius 3 is 2.50 bits per heavy atom. The lowest BCUT2D eigenvalue weighted by Gasteiger charge is -2.35. The highest BCUT2D eigenvalue weighted by atomic mass is 79.9. The average molecular weight is 361 g/mol. The highest BCUT2D eigenvalue weighted by Gasteiger charge is 2.30. The first kappa shape index (κ1) is 16.1. The Morgan fingerprint density at radius 2 is 1.85 bits per heavy atom.